The predicted molar refractivity (Wildman–Crippen MR) is 158 cm³/mol. The summed E-state index contributed by atoms with van der Waals surface area (Å²) >= 11 is 0. The number of benzene rings is 2. The quantitative estimate of drug-likeness (QED) is 0.0501. The minimum atomic E-state index is -0.882. The lowest BCUT2D eigenvalue weighted by atomic mass is 9.95. The van der Waals surface area contributed by atoms with Gasteiger partial charge in [0.15, 0.2) is 28.0 Å². The van der Waals surface area contributed by atoms with E-state index in [-0.39, 0.29) is 17.1 Å². The van der Waals surface area contributed by atoms with Gasteiger partial charge in [-0.05, 0) is 18.6 Å². The molecule has 15 nitrogen and oxygen atoms in total. The number of hydrogen-bond acceptors (Lipinski definition) is 8. The number of ether oxygens (including phenoxy) is 4. The van der Waals surface area contributed by atoms with Crippen LogP contribution in [0, 0.1) is 10.1 Å². The SMILES string of the molecule is COc1cc2[nH]cc(C3=C(c4cn(CCCNC(N)=N[N+](=O)[O-])c5cc(OC)c(OC)cc45)C(=O)NC3=O)c2cc1OC. The van der Waals surface area contributed by atoms with Crippen molar-refractivity contribution >= 4 is 50.7 Å². The van der Waals surface area contributed by atoms with Crippen molar-refractivity contribution in [2.75, 3.05) is 35.0 Å². The predicted octanol–water partition coefficient (Wildman–Crippen LogP) is 2.21. The summed E-state index contributed by atoms with van der Waals surface area (Å²) in [6.07, 6.45) is 3.94. The molecule has 0 saturated heterocycles. The summed E-state index contributed by atoms with van der Waals surface area (Å²) in [7, 11) is 6.07. The highest BCUT2D eigenvalue weighted by Gasteiger charge is 2.35. The fraction of sp³-hybridized carbons (Fsp3) is 0.250. The second-order valence-corrected chi connectivity index (χ2v) is 9.45. The van der Waals surface area contributed by atoms with Gasteiger partial charge in [-0.25, -0.2) is 10.1 Å². The molecule has 5 N–H and O–H groups in total. The van der Waals surface area contributed by atoms with Gasteiger partial charge in [0.25, 0.3) is 17.8 Å². The highest BCUT2D eigenvalue weighted by Crippen LogP contribution is 2.43. The molecule has 0 bridgehead atoms. The number of hydrogen-bond donors (Lipinski definition) is 4. The number of H-pyrrole nitrogens is 1. The molecule has 15 heteroatoms. The number of carbonyl (C=O) groups is 2. The van der Waals surface area contributed by atoms with Crippen LogP contribution in [0.25, 0.3) is 33.0 Å². The van der Waals surface area contributed by atoms with Gasteiger partial charge in [-0.3, -0.25) is 14.9 Å². The van der Waals surface area contributed by atoms with Crippen molar-refractivity contribution in [1.29, 1.82) is 0 Å². The molecule has 2 aromatic carbocycles. The first kappa shape index (κ1) is 28.8. The molecule has 0 atom stereocenters. The Labute approximate surface area is 244 Å². The molecule has 0 saturated carbocycles. The molecule has 43 heavy (non-hydrogen) atoms. The summed E-state index contributed by atoms with van der Waals surface area (Å²) in [5.41, 5.74) is 8.33. The van der Waals surface area contributed by atoms with E-state index in [1.165, 1.54) is 28.4 Å². The number of nitrogens with zero attached hydrogens (tertiary/aromatic N) is 3. The smallest absolute Gasteiger partial charge is 0.266 e. The highest BCUT2D eigenvalue weighted by atomic mass is 16.7. The molecule has 5 rings (SSSR count). The van der Waals surface area contributed by atoms with Gasteiger partial charge in [0.2, 0.25) is 0 Å². The zero-order valence-corrected chi connectivity index (χ0v) is 23.8. The standard InChI is InChI=1S/C28H29N7O8/c1-40-20-8-14-16(12-31-18(14)10-22(20)42-3)24-25(27(37)32-26(24)36)17-13-34(7-5-6-30-28(29)33-35(38)39)19-11-23(43-4)21(41-2)9-15(17)19/h8-13,31H,5-7H2,1-4H3,(H3,29,30,33)(H,32,36,37). The number of rotatable bonds is 11. The number of imide groups is 1. The lowest BCUT2D eigenvalue weighted by Crippen LogP contribution is -2.33. The molecule has 1 aliphatic rings. The Morgan fingerprint density at radius 2 is 1.51 bits per heavy atom. The number of carbonyl (C=O) groups excluding carboxylic acids is 2. The van der Waals surface area contributed by atoms with Crippen LogP contribution in [-0.4, -0.2) is 67.3 Å². The van der Waals surface area contributed by atoms with Crippen molar-refractivity contribution in [2.24, 2.45) is 10.8 Å². The first-order chi connectivity index (χ1) is 20.7. The summed E-state index contributed by atoms with van der Waals surface area (Å²) in [6, 6.07) is 7.04. The van der Waals surface area contributed by atoms with Gasteiger partial charge < -0.3 is 39.5 Å². The maximum Gasteiger partial charge on any atom is 0.266 e. The molecule has 3 heterocycles. The number of aromatic amines is 1. The average Bonchev–Trinajstić information content (AvgIpc) is 3.64. The van der Waals surface area contributed by atoms with E-state index in [4.69, 9.17) is 24.7 Å². The zero-order valence-electron chi connectivity index (χ0n) is 23.8. The van der Waals surface area contributed by atoms with Crippen molar-refractivity contribution < 1.29 is 33.6 Å². The summed E-state index contributed by atoms with van der Waals surface area (Å²) in [4.78, 5) is 40.4. The van der Waals surface area contributed by atoms with Crippen molar-refractivity contribution in [1.82, 2.24) is 20.2 Å². The Morgan fingerprint density at radius 3 is 2.14 bits per heavy atom. The number of amides is 2. The summed E-state index contributed by atoms with van der Waals surface area (Å²) < 4.78 is 23.8. The number of hydrazone groups is 1. The zero-order chi connectivity index (χ0) is 30.8. The number of methoxy groups -OCH3 is 4. The van der Waals surface area contributed by atoms with Crippen LogP contribution >= 0.6 is 0 Å². The number of nitrogens with two attached hydrogens (primary N) is 1. The molecule has 2 aromatic heterocycles. The van der Waals surface area contributed by atoms with Crippen LogP contribution in [0.5, 0.6) is 23.0 Å². The van der Waals surface area contributed by atoms with Crippen LogP contribution in [0.2, 0.25) is 0 Å². The van der Waals surface area contributed by atoms with Crippen molar-refractivity contribution in [2.45, 2.75) is 13.0 Å². The third kappa shape index (κ3) is 5.23. The molecule has 0 fully saturated rings. The molecule has 4 aromatic rings. The normalized spacial score (nSPS) is 13.5. The van der Waals surface area contributed by atoms with Gasteiger partial charge in [0.1, 0.15) is 5.10 Å². The van der Waals surface area contributed by atoms with E-state index in [9.17, 15) is 19.7 Å². The largest absolute Gasteiger partial charge is 0.493 e. The Morgan fingerprint density at radius 1 is 0.930 bits per heavy atom. The van der Waals surface area contributed by atoms with E-state index in [1.807, 2.05) is 4.57 Å². The monoisotopic (exact) mass is 591 g/mol. The fourth-order valence-corrected chi connectivity index (χ4v) is 5.21. The van der Waals surface area contributed by atoms with Crippen LogP contribution in [-0.2, 0) is 16.1 Å². The Bertz CT molecular complexity index is 1840. The highest BCUT2D eigenvalue weighted by molar-refractivity contribution is 6.50. The maximum absolute atomic E-state index is 13.4. The van der Waals surface area contributed by atoms with Crippen LogP contribution < -0.4 is 35.3 Å². The fourth-order valence-electron chi connectivity index (χ4n) is 5.21. The van der Waals surface area contributed by atoms with Crippen molar-refractivity contribution in [3.8, 4) is 23.0 Å². The number of guanidine groups is 1. The van der Waals surface area contributed by atoms with E-state index in [0.717, 1.165) is 0 Å². The van der Waals surface area contributed by atoms with Gasteiger partial charge in [-0.15, -0.1) is 0 Å². The maximum atomic E-state index is 13.4. The van der Waals surface area contributed by atoms with Gasteiger partial charge in [-0.1, -0.05) is 0 Å². The number of fused-ring (bicyclic) bond motifs is 2. The van der Waals surface area contributed by atoms with Crippen LogP contribution in [0.1, 0.15) is 17.5 Å². The molecule has 0 spiro atoms. The van der Waals surface area contributed by atoms with E-state index < -0.39 is 16.8 Å². The molecule has 224 valence electrons. The van der Waals surface area contributed by atoms with Crippen LogP contribution in [0.3, 0.4) is 0 Å². The van der Waals surface area contributed by atoms with Gasteiger partial charge in [0, 0.05) is 65.0 Å². The summed E-state index contributed by atoms with van der Waals surface area (Å²) in [5, 5.41) is 19.1. The van der Waals surface area contributed by atoms with E-state index in [2.05, 4.69) is 20.7 Å². The molecular weight excluding hydrogens is 562 g/mol. The van der Waals surface area contributed by atoms with Crippen molar-refractivity contribution in [3.05, 3.63) is 57.9 Å². The van der Waals surface area contributed by atoms with Crippen molar-refractivity contribution in [3.63, 3.8) is 0 Å². The first-order valence-corrected chi connectivity index (χ1v) is 13.0. The lowest BCUT2D eigenvalue weighted by Gasteiger charge is -2.10. The van der Waals surface area contributed by atoms with E-state index >= 15 is 0 Å². The van der Waals surface area contributed by atoms with Crippen LogP contribution in [0.15, 0.2) is 41.8 Å². The Kier molecular flexibility index (Phi) is 7.79. The third-order valence-corrected chi connectivity index (χ3v) is 7.11. The number of nitro groups is 1. The molecule has 1 aliphatic heterocycles. The minimum Gasteiger partial charge on any atom is -0.493 e. The number of nitrogens with one attached hydrogen (secondary N) is 3. The number of aryl methyl sites for hydroxylation is 1. The minimum absolute atomic E-state index is 0.192. The Balaban J connectivity index is 1.66. The summed E-state index contributed by atoms with van der Waals surface area (Å²) in [6.45, 7) is 0.714. The summed E-state index contributed by atoms with van der Waals surface area (Å²) in [5.74, 6) is 0.493. The number of aromatic nitrogens is 2. The molecule has 0 unspecified atom stereocenters. The lowest BCUT2D eigenvalue weighted by molar-refractivity contribution is -0.485. The first-order valence-electron chi connectivity index (χ1n) is 13.0. The Hall–Kier alpha value is -5.73. The third-order valence-electron chi connectivity index (χ3n) is 7.11. The molecule has 2 amide bonds. The van der Waals surface area contributed by atoms with Gasteiger partial charge >= 0.3 is 0 Å². The van der Waals surface area contributed by atoms with E-state index in [0.29, 0.717) is 75.4 Å². The second-order valence-electron chi connectivity index (χ2n) is 9.45. The van der Waals surface area contributed by atoms with Crippen LogP contribution in [0.4, 0.5) is 0 Å². The topological polar surface area (TPSA) is 197 Å². The van der Waals surface area contributed by atoms with Gasteiger partial charge in [0.05, 0.1) is 45.1 Å². The van der Waals surface area contributed by atoms with E-state index in [1.54, 1.807) is 36.7 Å². The van der Waals surface area contributed by atoms with Gasteiger partial charge in [-0.2, -0.15) is 0 Å². The molecule has 0 aliphatic carbocycles. The molecule has 0 radical (unpaired) electrons. The second kappa shape index (κ2) is 11.6. The molecular formula is C28H29N7O8. The average molecular weight is 592 g/mol.